The van der Waals surface area contributed by atoms with Crippen LogP contribution in [0.25, 0.3) is 0 Å². The molecule has 0 aliphatic carbocycles. The highest BCUT2D eigenvalue weighted by atomic mass is 16.2. The van der Waals surface area contributed by atoms with Crippen LogP contribution in [-0.4, -0.2) is 29.3 Å². The van der Waals surface area contributed by atoms with Gasteiger partial charge in [-0.15, -0.1) is 0 Å². The molecule has 0 spiro atoms. The van der Waals surface area contributed by atoms with Crippen LogP contribution < -0.4 is 5.32 Å². The van der Waals surface area contributed by atoms with Gasteiger partial charge >= 0.3 is 0 Å². The average molecular weight is 288 g/mol. The molecule has 2 rings (SSSR count). The fourth-order valence-corrected chi connectivity index (χ4v) is 2.87. The van der Waals surface area contributed by atoms with Gasteiger partial charge in [0.05, 0.1) is 0 Å². The van der Waals surface area contributed by atoms with E-state index < -0.39 is 5.54 Å². The molecular weight excluding hydrogens is 264 g/mol. The van der Waals surface area contributed by atoms with Gasteiger partial charge in [0.15, 0.2) is 0 Å². The van der Waals surface area contributed by atoms with Crippen LogP contribution in [0.1, 0.15) is 45.6 Å². The molecule has 1 aliphatic heterocycles. The van der Waals surface area contributed by atoms with E-state index in [1.54, 1.807) is 6.92 Å². The minimum Gasteiger partial charge on any atom is -0.338 e. The largest absolute Gasteiger partial charge is 0.338 e. The number of rotatable bonds is 4. The van der Waals surface area contributed by atoms with E-state index in [9.17, 15) is 9.59 Å². The molecule has 2 atom stereocenters. The molecule has 2 unspecified atom stereocenters. The van der Waals surface area contributed by atoms with Gasteiger partial charge in [-0.25, -0.2) is 0 Å². The fraction of sp³-hybridized carbons (Fsp3) is 0.529. The van der Waals surface area contributed by atoms with Gasteiger partial charge in [-0.3, -0.25) is 9.59 Å². The van der Waals surface area contributed by atoms with E-state index in [4.69, 9.17) is 0 Å². The van der Waals surface area contributed by atoms with Gasteiger partial charge in [0.1, 0.15) is 5.54 Å². The highest BCUT2D eigenvalue weighted by Crippen LogP contribution is 2.28. The Balaban J connectivity index is 2.39. The van der Waals surface area contributed by atoms with Crippen molar-refractivity contribution >= 4 is 11.8 Å². The third kappa shape index (κ3) is 3.09. The van der Waals surface area contributed by atoms with Crippen molar-refractivity contribution in [2.75, 3.05) is 6.54 Å². The lowest BCUT2D eigenvalue weighted by molar-refractivity contribution is -0.139. The number of hydrogen-bond donors (Lipinski definition) is 1. The Morgan fingerprint density at radius 1 is 1.29 bits per heavy atom. The maximum atomic E-state index is 13.0. The quantitative estimate of drug-likeness (QED) is 0.925. The van der Waals surface area contributed by atoms with Crippen molar-refractivity contribution in [2.24, 2.45) is 0 Å². The fourth-order valence-electron chi connectivity index (χ4n) is 2.87. The van der Waals surface area contributed by atoms with Gasteiger partial charge in [0.2, 0.25) is 5.91 Å². The van der Waals surface area contributed by atoms with Crippen LogP contribution >= 0.6 is 0 Å². The third-order valence-corrected chi connectivity index (χ3v) is 4.19. The monoisotopic (exact) mass is 288 g/mol. The van der Waals surface area contributed by atoms with Gasteiger partial charge in [-0.2, -0.15) is 0 Å². The number of hydrogen-bond acceptors (Lipinski definition) is 2. The molecule has 1 aromatic carbocycles. The van der Waals surface area contributed by atoms with Gasteiger partial charge < -0.3 is 10.2 Å². The van der Waals surface area contributed by atoms with Crippen molar-refractivity contribution in [1.82, 2.24) is 10.2 Å². The van der Waals surface area contributed by atoms with Gasteiger partial charge in [0, 0.05) is 19.0 Å². The van der Waals surface area contributed by atoms with E-state index in [2.05, 4.69) is 12.2 Å². The minimum absolute atomic E-state index is 0.0134. The molecule has 4 heteroatoms. The summed E-state index contributed by atoms with van der Waals surface area (Å²) >= 11 is 0. The molecule has 21 heavy (non-hydrogen) atoms. The normalized spacial score (nSPS) is 26.4. The second-order valence-corrected chi connectivity index (χ2v) is 5.94. The Bertz CT molecular complexity index is 515. The van der Waals surface area contributed by atoms with Crippen LogP contribution in [0.4, 0.5) is 0 Å². The molecule has 1 heterocycles. The first-order valence-corrected chi connectivity index (χ1v) is 7.66. The molecule has 1 aromatic rings. The number of amides is 2. The molecule has 1 N–H and O–H groups in total. The molecule has 2 amide bonds. The van der Waals surface area contributed by atoms with Crippen molar-refractivity contribution in [2.45, 2.75) is 51.6 Å². The second-order valence-electron chi connectivity index (χ2n) is 5.94. The molecule has 0 bridgehead atoms. The van der Waals surface area contributed by atoms with E-state index in [-0.39, 0.29) is 17.9 Å². The average Bonchev–Trinajstić information content (AvgIpc) is 2.55. The van der Waals surface area contributed by atoms with Crippen molar-refractivity contribution in [3.8, 4) is 0 Å². The van der Waals surface area contributed by atoms with Gasteiger partial charge in [-0.1, -0.05) is 43.7 Å². The Morgan fingerprint density at radius 2 is 1.95 bits per heavy atom. The topological polar surface area (TPSA) is 49.4 Å². The summed E-state index contributed by atoms with van der Waals surface area (Å²) in [5.74, 6) is -0.0818. The van der Waals surface area contributed by atoms with Crippen LogP contribution in [0.15, 0.2) is 30.3 Å². The van der Waals surface area contributed by atoms with Crippen molar-refractivity contribution < 1.29 is 9.59 Å². The first-order chi connectivity index (χ1) is 9.99. The number of nitrogens with zero attached hydrogens (tertiary/aromatic N) is 1. The molecular formula is C17H24N2O2. The third-order valence-electron chi connectivity index (χ3n) is 4.19. The van der Waals surface area contributed by atoms with E-state index in [0.29, 0.717) is 13.0 Å². The lowest BCUT2D eigenvalue weighted by atomic mass is 9.90. The maximum Gasteiger partial charge on any atom is 0.252 e. The lowest BCUT2D eigenvalue weighted by Crippen LogP contribution is -2.53. The van der Waals surface area contributed by atoms with Crippen molar-refractivity contribution in [3.05, 3.63) is 35.9 Å². The molecule has 1 aliphatic rings. The lowest BCUT2D eigenvalue weighted by Gasteiger charge is -2.34. The Hall–Kier alpha value is -1.84. The number of nitrogens with one attached hydrogen (secondary N) is 1. The molecule has 4 nitrogen and oxygen atoms in total. The maximum absolute atomic E-state index is 13.0. The SMILES string of the molecule is CCCCN1C(=O)C(C)(c2ccccc2)NC(=O)CC1C. The standard InChI is InChI=1S/C17H24N2O2/c1-4-5-11-19-13(2)12-15(20)18-17(3,16(19)21)14-9-7-6-8-10-14/h6-10,13H,4-5,11-12H2,1-3H3,(H,18,20). The van der Waals surface area contributed by atoms with Crippen molar-refractivity contribution in [1.29, 1.82) is 0 Å². The summed E-state index contributed by atoms with van der Waals surface area (Å²) in [5, 5.41) is 2.93. The molecule has 1 fully saturated rings. The highest BCUT2D eigenvalue weighted by Gasteiger charge is 2.43. The van der Waals surface area contributed by atoms with E-state index in [0.717, 1.165) is 18.4 Å². The van der Waals surface area contributed by atoms with Crippen molar-refractivity contribution in [3.63, 3.8) is 0 Å². The summed E-state index contributed by atoms with van der Waals surface area (Å²) in [7, 11) is 0. The molecule has 1 saturated heterocycles. The predicted molar refractivity (Wildman–Crippen MR) is 82.6 cm³/mol. The Morgan fingerprint density at radius 3 is 2.57 bits per heavy atom. The summed E-state index contributed by atoms with van der Waals surface area (Å²) in [6, 6.07) is 9.43. The smallest absolute Gasteiger partial charge is 0.252 e. The Kier molecular flexibility index (Phi) is 4.66. The molecule has 0 saturated carbocycles. The summed E-state index contributed by atoms with van der Waals surface area (Å²) in [6.07, 6.45) is 2.34. The van der Waals surface area contributed by atoms with Crippen LogP contribution in [0, 0.1) is 0 Å². The molecule has 0 radical (unpaired) electrons. The number of benzene rings is 1. The summed E-state index contributed by atoms with van der Waals surface area (Å²) in [4.78, 5) is 27.1. The first kappa shape index (κ1) is 15.5. The molecule has 114 valence electrons. The zero-order chi connectivity index (χ0) is 15.5. The highest BCUT2D eigenvalue weighted by molar-refractivity contribution is 5.94. The number of carbonyl (C=O) groups excluding carboxylic acids is 2. The Labute approximate surface area is 126 Å². The molecule has 0 aromatic heterocycles. The van der Waals surface area contributed by atoms with Crippen LogP contribution in [-0.2, 0) is 15.1 Å². The van der Waals surface area contributed by atoms with Gasteiger partial charge in [-0.05, 0) is 25.8 Å². The van der Waals surface area contributed by atoms with Gasteiger partial charge in [0.25, 0.3) is 5.91 Å². The number of unbranched alkanes of at least 4 members (excludes halogenated alkanes) is 1. The van der Waals surface area contributed by atoms with E-state index in [1.807, 2.05) is 42.2 Å². The van der Waals surface area contributed by atoms with E-state index >= 15 is 0 Å². The summed E-state index contributed by atoms with van der Waals surface area (Å²) in [6.45, 7) is 6.56. The van der Waals surface area contributed by atoms with Crippen LogP contribution in [0.3, 0.4) is 0 Å². The van der Waals surface area contributed by atoms with Crippen LogP contribution in [0.2, 0.25) is 0 Å². The summed E-state index contributed by atoms with van der Waals surface area (Å²) in [5.41, 5.74) is -0.143. The first-order valence-electron chi connectivity index (χ1n) is 7.66. The summed E-state index contributed by atoms with van der Waals surface area (Å²) < 4.78 is 0. The number of carbonyl (C=O) groups is 2. The van der Waals surface area contributed by atoms with E-state index in [1.165, 1.54) is 0 Å². The van der Waals surface area contributed by atoms with Crippen LogP contribution in [0.5, 0.6) is 0 Å². The zero-order valence-corrected chi connectivity index (χ0v) is 13.1. The minimum atomic E-state index is -0.975. The zero-order valence-electron chi connectivity index (χ0n) is 13.1. The predicted octanol–water partition coefficient (Wildman–Crippen LogP) is 2.44. The second kappa shape index (κ2) is 6.29.